The maximum Gasteiger partial charge on any atom is 0.246 e. The van der Waals surface area contributed by atoms with Crippen molar-refractivity contribution in [2.24, 2.45) is 5.41 Å². The fraction of sp³-hybridized carbons (Fsp3) is 0.516. The van der Waals surface area contributed by atoms with Gasteiger partial charge < -0.3 is 25.6 Å². The van der Waals surface area contributed by atoms with Gasteiger partial charge in [-0.25, -0.2) is 0 Å². The fourth-order valence-corrected chi connectivity index (χ4v) is 6.66. The number of rotatable bonds is 6. The summed E-state index contributed by atoms with van der Waals surface area (Å²) >= 11 is 0. The number of carbonyl (C=O) groups is 3. The second-order valence-corrected chi connectivity index (χ2v) is 11.8. The highest BCUT2D eigenvalue weighted by Crippen LogP contribution is 2.50. The van der Waals surface area contributed by atoms with Gasteiger partial charge in [-0.1, -0.05) is 44.2 Å². The van der Waals surface area contributed by atoms with E-state index in [-0.39, 0.29) is 29.8 Å². The minimum absolute atomic E-state index is 0.0845. The minimum atomic E-state index is -0.773. The van der Waals surface area contributed by atoms with Gasteiger partial charge in [0.2, 0.25) is 17.7 Å². The lowest BCUT2D eigenvalue weighted by Crippen LogP contribution is -2.57. The maximum atomic E-state index is 14.3. The zero-order valence-corrected chi connectivity index (χ0v) is 23.5. The van der Waals surface area contributed by atoms with Crippen molar-refractivity contribution in [2.75, 3.05) is 14.2 Å². The smallest absolute Gasteiger partial charge is 0.246 e. The molecule has 39 heavy (non-hydrogen) atoms. The third kappa shape index (κ3) is 5.02. The summed E-state index contributed by atoms with van der Waals surface area (Å²) in [5.41, 5.74) is 3.91. The van der Waals surface area contributed by atoms with Gasteiger partial charge >= 0.3 is 0 Å². The summed E-state index contributed by atoms with van der Waals surface area (Å²) < 4.78 is 5.53. The average Bonchev–Trinajstić information content (AvgIpc) is 3.17. The van der Waals surface area contributed by atoms with E-state index in [1.54, 1.807) is 26.0 Å². The lowest BCUT2D eigenvalue weighted by atomic mass is 9.81. The molecule has 0 aromatic heterocycles. The van der Waals surface area contributed by atoms with Crippen LogP contribution in [0.2, 0.25) is 0 Å². The Hall–Kier alpha value is -3.39. The molecule has 2 aromatic rings. The summed E-state index contributed by atoms with van der Waals surface area (Å²) in [4.78, 5) is 43.0. The Morgan fingerprint density at radius 2 is 1.82 bits per heavy atom. The molecule has 2 aromatic carbocycles. The molecule has 0 spiro atoms. The number of aryl methyl sites for hydroxylation is 1. The molecule has 0 bridgehead atoms. The molecule has 1 aliphatic carbocycles. The SMILES string of the molecule is CNC(C)C(=O)N[C@H]1Cc2ccc(OC)cc2[C@H]2CC(C)(C)C(C(=O)N[C@@H]3CCCc4ccccc43)N2C1=O. The zero-order chi connectivity index (χ0) is 27.9. The van der Waals surface area contributed by atoms with E-state index in [1.807, 2.05) is 30.3 Å². The number of nitrogens with one attached hydrogen (secondary N) is 3. The normalized spacial score (nSPS) is 26.0. The number of carbonyl (C=O) groups excluding carboxylic acids is 3. The number of likely N-dealkylation sites (N-methyl/N-ethyl adjacent to an activating group) is 1. The van der Waals surface area contributed by atoms with Crippen molar-refractivity contribution in [2.45, 2.75) is 83.1 Å². The number of nitrogens with zero attached hydrogens (tertiary/aromatic N) is 1. The summed E-state index contributed by atoms with van der Waals surface area (Å²) in [6.45, 7) is 5.88. The van der Waals surface area contributed by atoms with Gasteiger partial charge in [0.1, 0.15) is 17.8 Å². The van der Waals surface area contributed by atoms with Crippen molar-refractivity contribution in [3.8, 4) is 5.75 Å². The number of fused-ring (bicyclic) bond motifs is 4. The summed E-state index contributed by atoms with van der Waals surface area (Å²) in [5.74, 6) is 0.0961. The summed E-state index contributed by atoms with van der Waals surface area (Å²) in [5, 5.41) is 9.23. The highest BCUT2D eigenvalue weighted by atomic mass is 16.5. The second kappa shape index (κ2) is 10.6. The lowest BCUT2D eigenvalue weighted by molar-refractivity contribution is -0.145. The van der Waals surface area contributed by atoms with Crippen LogP contribution in [0.1, 0.15) is 74.4 Å². The van der Waals surface area contributed by atoms with E-state index in [4.69, 9.17) is 4.74 Å². The van der Waals surface area contributed by atoms with Gasteiger partial charge in [0.25, 0.3) is 0 Å². The number of benzene rings is 2. The van der Waals surface area contributed by atoms with Crippen LogP contribution in [0, 0.1) is 5.41 Å². The van der Waals surface area contributed by atoms with Gasteiger partial charge in [0, 0.05) is 6.42 Å². The van der Waals surface area contributed by atoms with Crippen LogP contribution in [0.25, 0.3) is 0 Å². The van der Waals surface area contributed by atoms with Gasteiger partial charge in [-0.2, -0.15) is 0 Å². The molecule has 0 radical (unpaired) electrons. The van der Waals surface area contributed by atoms with Crippen LogP contribution in [0.4, 0.5) is 0 Å². The number of hydrogen-bond acceptors (Lipinski definition) is 5. The van der Waals surface area contributed by atoms with Crippen LogP contribution in [-0.2, 0) is 27.2 Å². The van der Waals surface area contributed by atoms with Crippen molar-refractivity contribution < 1.29 is 19.1 Å². The molecule has 8 heteroatoms. The van der Waals surface area contributed by atoms with Crippen molar-refractivity contribution in [3.05, 3.63) is 64.7 Å². The van der Waals surface area contributed by atoms with E-state index < -0.39 is 23.5 Å². The largest absolute Gasteiger partial charge is 0.497 e. The van der Waals surface area contributed by atoms with E-state index in [0.29, 0.717) is 18.6 Å². The van der Waals surface area contributed by atoms with Gasteiger partial charge in [-0.15, -0.1) is 0 Å². The topological polar surface area (TPSA) is 99.8 Å². The molecule has 3 N–H and O–H groups in total. The van der Waals surface area contributed by atoms with E-state index in [0.717, 1.165) is 36.0 Å². The Morgan fingerprint density at radius 3 is 2.56 bits per heavy atom. The molecule has 8 nitrogen and oxygen atoms in total. The Morgan fingerprint density at radius 1 is 1.05 bits per heavy atom. The Labute approximate surface area is 230 Å². The number of methoxy groups -OCH3 is 1. The first-order valence-electron chi connectivity index (χ1n) is 14.0. The van der Waals surface area contributed by atoms with Gasteiger partial charge in [-0.05, 0) is 79.5 Å². The van der Waals surface area contributed by atoms with Gasteiger partial charge in [0.05, 0.1) is 25.2 Å². The van der Waals surface area contributed by atoms with Crippen LogP contribution in [-0.4, -0.2) is 54.9 Å². The van der Waals surface area contributed by atoms with Crippen LogP contribution in [0.15, 0.2) is 42.5 Å². The first-order chi connectivity index (χ1) is 18.6. The van der Waals surface area contributed by atoms with E-state index in [2.05, 4.69) is 41.9 Å². The molecule has 2 heterocycles. The number of hydrogen-bond donors (Lipinski definition) is 3. The first kappa shape index (κ1) is 27.2. The first-order valence-corrected chi connectivity index (χ1v) is 14.0. The minimum Gasteiger partial charge on any atom is -0.497 e. The fourth-order valence-electron chi connectivity index (χ4n) is 6.66. The molecular weight excluding hydrogens is 492 g/mol. The van der Waals surface area contributed by atoms with Gasteiger partial charge in [0.15, 0.2) is 0 Å². The lowest BCUT2D eigenvalue weighted by Gasteiger charge is -2.36. The highest BCUT2D eigenvalue weighted by Gasteiger charge is 2.55. The standard InChI is InChI=1S/C31H40N4O4/c1-18(32-4)28(36)34-25-15-20-13-14-21(39-5)16-23(20)26-17-31(2,3)27(35(26)30(25)38)29(37)33-24-12-8-10-19-9-6-7-11-22(19)24/h6-7,9,11,13-14,16,18,24-27,32H,8,10,12,15,17H2,1-5H3,(H,33,37)(H,34,36)/t18?,24-,25+,26-,27?/m1/s1. The summed E-state index contributed by atoms with van der Waals surface area (Å²) in [7, 11) is 3.34. The van der Waals surface area contributed by atoms with Crippen LogP contribution < -0.4 is 20.7 Å². The summed E-state index contributed by atoms with van der Waals surface area (Å²) in [6, 6.07) is 11.8. The number of ether oxygens (including phenoxy) is 1. The maximum absolute atomic E-state index is 14.3. The molecule has 1 saturated heterocycles. The van der Waals surface area contributed by atoms with Crippen molar-refractivity contribution in [1.82, 2.24) is 20.9 Å². The van der Waals surface area contributed by atoms with E-state index in [9.17, 15) is 14.4 Å². The molecule has 1 fully saturated rings. The van der Waals surface area contributed by atoms with Crippen LogP contribution in [0.3, 0.4) is 0 Å². The Balaban J connectivity index is 1.52. The molecule has 208 valence electrons. The molecule has 2 aliphatic heterocycles. The monoisotopic (exact) mass is 532 g/mol. The molecule has 0 saturated carbocycles. The van der Waals surface area contributed by atoms with Crippen molar-refractivity contribution >= 4 is 17.7 Å². The van der Waals surface area contributed by atoms with Crippen LogP contribution in [0.5, 0.6) is 5.75 Å². The quantitative estimate of drug-likeness (QED) is 0.531. The predicted molar refractivity (Wildman–Crippen MR) is 149 cm³/mol. The Bertz CT molecular complexity index is 1270. The highest BCUT2D eigenvalue weighted by molar-refractivity contribution is 5.95. The summed E-state index contributed by atoms with van der Waals surface area (Å²) in [6.07, 6.45) is 3.87. The molecule has 5 atom stereocenters. The van der Waals surface area contributed by atoms with Gasteiger partial charge in [-0.3, -0.25) is 14.4 Å². The van der Waals surface area contributed by atoms with Crippen molar-refractivity contribution in [3.63, 3.8) is 0 Å². The molecule has 3 amide bonds. The van der Waals surface area contributed by atoms with E-state index in [1.165, 1.54) is 5.56 Å². The van der Waals surface area contributed by atoms with Crippen LogP contribution >= 0.6 is 0 Å². The molecular formula is C31H40N4O4. The predicted octanol–water partition coefficient (Wildman–Crippen LogP) is 3.21. The Kier molecular flexibility index (Phi) is 7.42. The third-order valence-electron chi connectivity index (χ3n) is 8.84. The number of amides is 3. The zero-order valence-electron chi connectivity index (χ0n) is 23.5. The third-order valence-corrected chi connectivity index (χ3v) is 8.84. The molecule has 2 unspecified atom stereocenters. The molecule has 3 aliphatic rings. The van der Waals surface area contributed by atoms with Crippen molar-refractivity contribution in [1.29, 1.82) is 0 Å². The second-order valence-electron chi connectivity index (χ2n) is 11.8. The van der Waals surface area contributed by atoms with E-state index >= 15 is 0 Å². The molecule has 5 rings (SSSR count). The average molecular weight is 533 g/mol.